The maximum Gasteiger partial charge on any atom is 0.274 e. The van der Waals surface area contributed by atoms with Crippen LogP contribution in [0.25, 0.3) is 0 Å². The average Bonchev–Trinajstić information content (AvgIpc) is 2.77. The molecule has 6 heteroatoms. The summed E-state index contributed by atoms with van der Waals surface area (Å²) in [6.07, 6.45) is 0.390. The summed E-state index contributed by atoms with van der Waals surface area (Å²) in [7, 11) is 0. The normalized spacial score (nSPS) is 21.1. The Balaban J connectivity index is 2.21. The van der Waals surface area contributed by atoms with E-state index in [0.717, 1.165) is 12.5 Å². The van der Waals surface area contributed by atoms with Gasteiger partial charge in [0.1, 0.15) is 5.82 Å². The summed E-state index contributed by atoms with van der Waals surface area (Å²) in [4.78, 5) is 11.9. The Kier molecular flexibility index (Phi) is 3.47. The lowest BCUT2D eigenvalue weighted by molar-refractivity contribution is -0.385. The van der Waals surface area contributed by atoms with Crippen molar-refractivity contribution in [1.29, 1.82) is 0 Å². The van der Waals surface area contributed by atoms with Gasteiger partial charge in [-0.25, -0.2) is 4.39 Å². The van der Waals surface area contributed by atoms with Crippen LogP contribution in [-0.4, -0.2) is 29.2 Å². The second-order valence-electron chi connectivity index (χ2n) is 4.66. The van der Waals surface area contributed by atoms with Crippen molar-refractivity contribution in [3.63, 3.8) is 0 Å². The third-order valence-electron chi connectivity index (χ3n) is 3.35. The number of hydrogen-bond donors (Lipinski definition) is 1. The molecule has 1 aromatic carbocycles. The third kappa shape index (κ3) is 2.59. The van der Waals surface area contributed by atoms with E-state index in [0.29, 0.717) is 18.8 Å². The molecular formula is C12H15FN2O3. The van der Waals surface area contributed by atoms with Gasteiger partial charge in [-0.3, -0.25) is 10.1 Å². The first-order valence-corrected chi connectivity index (χ1v) is 5.85. The number of nitrogens with zero attached hydrogens (tertiary/aromatic N) is 2. The molecule has 1 aliphatic heterocycles. The van der Waals surface area contributed by atoms with Crippen molar-refractivity contribution >= 4 is 11.4 Å². The van der Waals surface area contributed by atoms with Crippen LogP contribution in [0.15, 0.2) is 18.2 Å². The molecule has 1 aromatic rings. The number of benzene rings is 1. The summed E-state index contributed by atoms with van der Waals surface area (Å²) >= 11 is 0. The lowest BCUT2D eigenvalue weighted by atomic mass is 10.0. The van der Waals surface area contributed by atoms with Crippen molar-refractivity contribution in [3.8, 4) is 0 Å². The summed E-state index contributed by atoms with van der Waals surface area (Å²) in [6.45, 7) is 3.00. The number of anilines is 1. The molecule has 1 heterocycles. The Morgan fingerprint density at radius 1 is 1.56 bits per heavy atom. The molecule has 2 rings (SSSR count). The van der Waals surface area contributed by atoms with Crippen LogP contribution in [0, 0.1) is 21.8 Å². The van der Waals surface area contributed by atoms with Crippen molar-refractivity contribution < 1.29 is 14.4 Å². The molecule has 2 unspecified atom stereocenters. The number of nitro benzene ring substituents is 1. The zero-order valence-electron chi connectivity index (χ0n) is 10.0. The highest BCUT2D eigenvalue weighted by Crippen LogP contribution is 2.29. The van der Waals surface area contributed by atoms with Crippen LogP contribution >= 0.6 is 0 Å². The molecule has 0 aliphatic carbocycles. The summed E-state index contributed by atoms with van der Waals surface area (Å²) in [5.41, 5.74) is 0.260. The van der Waals surface area contributed by atoms with Crippen LogP contribution in [0.4, 0.5) is 15.8 Å². The fraction of sp³-hybridized carbons (Fsp3) is 0.500. The topological polar surface area (TPSA) is 66.6 Å². The molecule has 1 N–H and O–H groups in total. The van der Waals surface area contributed by atoms with Gasteiger partial charge in [0, 0.05) is 30.8 Å². The zero-order chi connectivity index (χ0) is 13.3. The molecule has 1 fully saturated rings. The van der Waals surface area contributed by atoms with Gasteiger partial charge >= 0.3 is 0 Å². The van der Waals surface area contributed by atoms with E-state index in [-0.39, 0.29) is 11.6 Å². The highest BCUT2D eigenvalue weighted by molar-refractivity contribution is 5.54. The molecule has 18 heavy (non-hydrogen) atoms. The minimum Gasteiger partial charge on any atom is -0.393 e. The average molecular weight is 254 g/mol. The number of hydrogen-bond acceptors (Lipinski definition) is 4. The fourth-order valence-corrected chi connectivity index (χ4v) is 2.26. The molecule has 0 radical (unpaired) electrons. The van der Waals surface area contributed by atoms with Gasteiger partial charge in [0.05, 0.1) is 17.1 Å². The molecule has 0 saturated carbocycles. The number of halogens is 1. The van der Waals surface area contributed by atoms with E-state index >= 15 is 0 Å². The Hall–Kier alpha value is -1.69. The van der Waals surface area contributed by atoms with E-state index in [1.807, 2.05) is 4.90 Å². The Bertz CT molecular complexity index is 465. The second kappa shape index (κ2) is 4.89. The second-order valence-corrected chi connectivity index (χ2v) is 4.66. The summed E-state index contributed by atoms with van der Waals surface area (Å²) < 4.78 is 13.3. The van der Waals surface area contributed by atoms with Crippen LogP contribution in [-0.2, 0) is 0 Å². The highest BCUT2D eigenvalue weighted by Gasteiger charge is 2.27. The molecule has 0 amide bonds. The van der Waals surface area contributed by atoms with Crippen molar-refractivity contribution in [2.75, 3.05) is 18.0 Å². The van der Waals surface area contributed by atoms with Crippen molar-refractivity contribution in [2.45, 2.75) is 19.4 Å². The first-order chi connectivity index (χ1) is 8.47. The number of rotatable bonds is 3. The van der Waals surface area contributed by atoms with Gasteiger partial charge in [-0.1, -0.05) is 0 Å². The number of aliphatic hydroxyl groups excluding tert-OH is 1. The predicted molar refractivity (Wildman–Crippen MR) is 65.1 cm³/mol. The summed E-state index contributed by atoms with van der Waals surface area (Å²) in [5, 5.41) is 20.2. The van der Waals surface area contributed by atoms with E-state index in [1.165, 1.54) is 12.1 Å². The van der Waals surface area contributed by atoms with E-state index in [1.54, 1.807) is 6.92 Å². The van der Waals surface area contributed by atoms with Gasteiger partial charge in [0.25, 0.3) is 5.69 Å². The van der Waals surface area contributed by atoms with Crippen LogP contribution in [0.1, 0.15) is 13.3 Å². The molecule has 5 nitrogen and oxygen atoms in total. The monoisotopic (exact) mass is 254 g/mol. The highest BCUT2D eigenvalue weighted by atomic mass is 19.1. The minimum atomic E-state index is -0.611. The summed E-state index contributed by atoms with van der Waals surface area (Å²) in [5.74, 6) is -0.480. The maximum atomic E-state index is 13.3. The minimum absolute atomic E-state index is 0.132. The molecule has 1 aliphatic rings. The van der Waals surface area contributed by atoms with Crippen LogP contribution in [0.3, 0.4) is 0 Å². The van der Waals surface area contributed by atoms with Crippen LogP contribution in [0.2, 0.25) is 0 Å². The van der Waals surface area contributed by atoms with E-state index in [9.17, 15) is 19.6 Å². The largest absolute Gasteiger partial charge is 0.393 e. The predicted octanol–water partition coefficient (Wildman–Crippen LogP) is 1.94. The number of non-ortho nitro benzene ring substituents is 1. The van der Waals surface area contributed by atoms with Gasteiger partial charge in [0.2, 0.25) is 0 Å². The number of aliphatic hydroxyl groups is 1. The molecule has 0 bridgehead atoms. The van der Waals surface area contributed by atoms with Gasteiger partial charge in [-0.2, -0.15) is 0 Å². The Morgan fingerprint density at radius 2 is 2.28 bits per heavy atom. The Morgan fingerprint density at radius 3 is 2.83 bits per heavy atom. The zero-order valence-corrected chi connectivity index (χ0v) is 10.0. The van der Waals surface area contributed by atoms with Gasteiger partial charge in [-0.05, 0) is 19.4 Å². The van der Waals surface area contributed by atoms with Gasteiger partial charge in [-0.15, -0.1) is 0 Å². The smallest absolute Gasteiger partial charge is 0.274 e. The first kappa shape index (κ1) is 12.8. The van der Waals surface area contributed by atoms with Gasteiger partial charge in [0.15, 0.2) is 0 Å². The molecule has 0 spiro atoms. The van der Waals surface area contributed by atoms with E-state index in [4.69, 9.17) is 0 Å². The maximum absolute atomic E-state index is 13.3. The molecule has 0 aromatic heterocycles. The number of nitro groups is 1. The van der Waals surface area contributed by atoms with Gasteiger partial charge < -0.3 is 10.0 Å². The Labute approximate surface area is 104 Å². The summed E-state index contributed by atoms with van der Waals surface area (Å²) in [6, 6.07) is 3.57. The molecule has 2 atom stereocenters. The van der Waals surface area contributed by atoms with E-state index in [2.05, 4.69) is 0 Å². The molecular weight excluding hydrogens is 239 g/mol. The standard InChI is InChI=1S/C12H15FN2O3/c1-8(16)9-2-3-14(7-9)11-4-10(13)5-12(6-11)15(17)18/h4-6,8-9,16H,2-3,7H2,1H3. The molecule has 1 saturated heterocycles. The third-order valence-corrected chi connectivity index (χ3v) is 3.35. The first-order valence-electron chi connectivity index (χ1n) is 5.85. The quantitative estimate of drug-likeness (QED) is 0.661. The SMILES string of the molecule is CC(O)C1CCN(c2cc(F)cc([N+](=O)[O-])c2)C1. The fourth-order valence-electron chi connectivity index (χ4n) is 2.26. The van der Waals surface area contributed by atoms with Crippen molar-refractivity contribution in [1.82, 2.24) is 0 Å². The van der Waals surface area contributed by atoms with Crippen LogP contribution < -0.4 is 4.90 Å². The van der Waals surface area contributed by atoms with Crippen LogP contribution in [0.5, 0.6) is 0 Å². The molecule has 98 valence electrons. The lowest BCUT2D eigenvalue weighted by Gasteiger charge is -2.19. The van der Waals surface area contributed by atoms with E-state index < -0.39 is 16.8 Å². The van der Waals surface area contributed by atoms with Crippen molar-refractivity contribution in [2.24, 2.45) is 5.92 Å². The van der Waals surface area contributed by atoms with Crippen molar-refractivity contribution in [3.05, 3.63) is 34.1 Å². The lowest BCUT2D eigenvalue weighted by Crippen LogP contribution is -2.24.